The average Bonchev–Trinajstić information content (AvgIpc) is 3.09. The lowest BCUT2D eigenvalue weighted by molar-refractivity contribution is -0.144. The van der Waals surface area contributed by atoms with E-state index in [1.807, 2.05) is 19.1 Å². The Morgan fingerprint density at radius 2 is 1.94 bits per heavy atom. The Morgan fingerprint density at radius 1 is 1.14 bits per heavy atom. The third kappa shape index (κ3) is 4.75. The van der Waals surface area contributed by atoms with Crippen molar-refractivity contribution in [1.82, 2.24) is 4.98 Å². The first-order valence-corrected chi connectivity index (χ1v) is 13.6. The standard InChI is InChI=1S/C26H26F3NO4S/c1-15-24-22(21-9-10-35(32,33)14-18(21)12-23(24)25(31)34-15)8-7-20-6-5-17(13-30-20)16-3-2-4-19(11-16)26(27,28)29/h2-8,11,13,15,18,21-24H,9-10,12,14H2,1H3/b8-7+/t15-,18-,21?,22+,23-,24+/m1/s1. The molecular weight excluding hydrogens is 479 g/mol. The van der Waals surface area contributed by atoms with Crippen molar-refractivity contribution in [2.45, 2.75) is 32.0 Å². The molecule has 6 atom stereocenters. The molecule has 0 bridgehead atoms. The number of ether oxygens (including phenoxy) is 1. The monoisotopic (exact) mass is 505 g/mol. The number of sulfone groups is 1. The molecule has 0 N–H and O–H groups in total. The number of hydrogen-bond donors (Lipinski definition) is 0. The maximum atomic E-state index is 13.0. The number of carbonyl (C=O) groups excluding carboxylic acids is 1. The summed E-state index contributed by atoms with van der Waals surface area (Å²) in [5.74, 6) is -0.224. The predicted molar refractivity (Wildman–Crippen MR) is 125 cm³/mol. The van der Waals surface area contributed by atoms with Gasteiger partial charge in [-0.1, -0.05) is 24.3 Å². The fourth-order valence-corrected chi connectivity index (χ4v) is 7.98. The van der Waals surface area contributed by atoms with Crippen LogP contribution in [-0.4, -0.2) is 37.0 Å². The molecule has 3 aliphatic rings. The number of halogens is 3. The molecule has 5 rings (SSSR count). The highest BCUT2D eigenvalue weighted by Gasteiger charge is 2.55. The molecule has 3 heterocycles. The quantitative estimate of drug-likeness (QED) is 0.547. The van der Waals surface area contributed by atoms with Gasteiger partial charge in [-0.15, -0.1) is 0 Å². The Balaban J connectivity index is 1.39. The zero-order chi connectivity index (χ0) is 25.0. The number of allylic oxidation sites excluding steroid dienone is 1. The zero-order valence-corrected chi connectivity index (χ0v) is 19.9. The Bertz CT molecular complexity index is 1260. The molecule has 3 fully saturated rings. The summed E-state index contributed by atoms with van der Waals surface area (Å²) in [6.07, 6.45) is 1.89. The van der Waals surface area contributed by atoms with Gasteiger partial charge >= 0.3 is 12.1 Å². The maximum Gasteiger partial charge on any atom is 0.416 e. The largest absolute Gasteiger partial charge is 0.462 e. The number of nitrogens with zero attached hydrogens (tertiary/aromatic N) is 1. The highest BCUT2D eigenvalue weighted by Crippen LogP contribution is 2.52. The van der Waals surface area contributed by atoms with E-state index in [-0.39, 0.29) is 53.2 Å². The molecule has 0 radical (unpaired) electrons. The van der Waals surface area contributed by atoms with Gasteiger partial charge in [-0.3, -0.25) is 9.78 Å². The molecule has 9 heteroatoms. The first-order chi connectivity index (χ1) is 16.5. The highest BCUT2D eigenvalue weighted by atomic mass is 32.2. The van der Waals surface area contributed by atoms with Crippen LogP contribution in [0.5, 0.6) is 0 Å². The number of carbonyl (C=O) groups is 1. The Hall–Kier alpha value is -2.68. The van der Waals surface area contributed by atoms with Gasteiger partial charge < -0.3 is 4.74 Å². The van der Waals surface area contributed by atoms with Gasteiger partial charge in [-0.2, -0.15) is 13.2 Å². The van der Waals surface area contributed by atoms with Gasteiger partial charge in [0.1, 0.15) is 6.10 Å². The van der Waals surface area contributed by atoms with E-state index in [1.54, 1.807) is 24.4 Å². The van der Waals surface area contributed by atoms with Crippen molar-refractivity contribution in [2.75, 3.05) is 11.5 Å². The molecule has 1 aliphatic carbocycles. The van der Waals surface area contributed by atoms with Crippen LogP contribution >= 0.6 is 0 Å². The average molecular weight is 506 g/mol. The van der Waals surface area contributed by atoms with Crippen LogP contribution in [0, 0.1) is 29.6 Å². The number of fused-ring (bicyclic) bond motifs is 2. The van der Waals surface area contributed by atoms with Gasteiger partial charge in [-0.25, -0.2) is 8.42 Å². The lowest BCUT2D eigenvalue weighted by Crippen LogP contribution is -2.47. The van der Waals surface area contributed by atoms with Crippen molar-refractivity contribution in [3.05, 3.63) is 59.9 Å². The van der Waals surface area contributed by atoms with E-state index < -0.39 is 21.6 Å². The van der Waals surface area contributed by atoms with Crippen molar-refractivity contribution in [3.8, 4) is 11.1 Å². The van der Waals surface area contributed by atoms with E-state index in [1.165, 1.54) is 6.07 Å². The molecule has 1 unspecified atom stereocenters. The third-order valence-electron chi connectivity index (χ3n) is 7.74. The summed E-state index contributed by atoms with van der Waals surface area (Å²) >= 11 is 0. The number of rotatable bonds is 3. The molecular formula is C26H26F3NO4S. The van der Waals surface area contributed by atoms with E-state index in [2.05, 4.69) is 4.98 Å². The van der Waals surface area contributed by atoms with E-state index in [0.717, 1.165) is 12.1 Å². The molecule has 5 nitrogen and oxygen atoms in total. The smallest absolute Gasteiger partial charge is 0.416 e. The molecule has 0 amide bonds. The van der Waals surface area contributed by atoms with Crippen molar-refractivity contribution in [3.63, 3.8) is 0 Å². The van der Waals surface area contributed by atoms with Gasteiger partial charge in [0.15, 0.2) is 9.84 Å². The summed E-state index contributed by atoms with van der Waals surface area (Å²) in [5.41, 5.74) is 0.935. The first-order valence-electron chi connectivity index (χ1n) is 11.7. The maximum absolute atomic E-state index is 13.0. The van der Waals surface area contributed by atoms with Crippen LogP contribution in [0.2, 0.25) is 0 Å². The number of hydrogen-bond acceptors (Lipinski definition) is 5. The SMILES string of the molecule is C[C@H]1OC(=O)[C@@H]2C[C@@H]3CS(=O)(=O)CCC3[C@H](/C=C/c3ccc(-c4cccc(C(F)(F)F)c4)cn3)[C@H]12. The minimum absolute atomic E-state index is 0.00909. The minimum atomic E-state index is -4.41. The molecule has 2 aliphatic heterocycles. The lowest BCUT2D eigenvalue weighted by atomic mass is 9.60. The second-order valence-corrected chi connectivity index (χ2v) is 12.1. The van der Waals surface area contributed by atoms with Crippen LogP contribution in [-0.2, 0) is 25.5 Å². The fraction of sp³-hybridized carbons (Fsp3) is 0.462. The van der Waals surface area contributed by atoms with Gasteiger partial charge in [0, 0.05) is 17.7 Å². The number of benzene rings is 1. The van der Waals surface area contributed by atoms with Crippen LogP contribution in [0.15, 0.2) is 48.7 Å². The zero-order valence-electron chi connectivity index (χ0n) is 19.1. The van der Waals surface area contributed by atoms with E-state index in [0.29, 0.717) is 29.7 Å². The summed E-state index contributed by atoms with van der Waals surface area (Å²) in [4.78, 5) is 16.9. The summed E-state index contributed by atoms with van der Waals surface area (Å²) in [5, 5.41) is 0. The number of aromatic nitrogens is 1. The van der Waals surface area contributed by atoms with Gasteiger partial charge in [0.05, 0.1) is 28.7 Å². The Labute approximate surface area is 202 Å². The van der Waals surface area contributed by atoms with Crippen molar-refractivity contribution in [2.24, 2.45) is 29.6 Å². The number of alkyl halides is 3. The summed E-state index contributed by atoms with van der Waals surface area (Å²) in [6, 6.07) is 8.60. The third-order valence-corrected chi connectivity index (χ3v) is 9.54. The first kappa shape index (κ1) is 24.0. The van der Waals surface area contributed by atoms with Gasteiger partial charge in [-0.05, 0) is 67.4 Å². The Kier molecular flexibility index (Phi) is 6.02. The summed E-state index contributed by atoms with van der Waals surface area (Å²) < 4.78 is 69.2. The number of esters is 1. The minimum Gasteiger partial charge on any atom is -0.462 e. The molecule has 0 spiro atoms. The van der Waals surface area contributed by atoms with Crippen molar-refractivity contribution in [1.29, 1.82) is 0 Å². The molecule has 186 valence electrons. The van der Waals surface area contributed by atoms with Crippen molar-refractivity contribution < 1.29 is 31.1 Å². The van der Waals surface area contributed by atoms with Gasteiger partial charge in [0.2, 0.25) is 0 Å². The lowest BCUT2D eigenvalue weighted by Gasteiger charge is -2.45. The fourth-order valence-electron chi connectivity index (χ4n) is 6.14. The van der Waals surface area contributed by atoms with Gasteiger partial charge in [0.25, 0.3) is 0 Å². The van der Waals surface area contributed by atoms with Crippen LogP contribution in [0.25, 0.3) is 17.2 Å². The van der Waals surface area contributed by atoms with Crippen LogP contribution in [0.4, 0.5) is 13.2 Å². The van der Waals surface area contributed by atoms with E-state index in [4.69, 9.17) is 4.74 Å². The highest BCUT2D eigenvalue weighted by molar-refractivity contribution is 7.91. The summed E-state index contributed by atoms with van der Waals surface area (Å²) in [7, 11) is -3.11. The van der Waals surface area contributed by atoms with Crippen molar-refractivity contribution >= 4 is 21.9 Å². The number of pyridine rings is 1. The second kappa shape index (κ2) is 8.76. The Morgan fingerprint density at radius 3 is 2.66 bits per heavy atom. The van der Waals surface area contributed by atoms with E-state index in [9.17, 15) is 26.4 Å². The van der Waals surface area contributed by atoms with Crippen LogP contribution in [0.3, 0.4) is 0 Å². The topological polar surface area (TPSA) is 73.3 Å². The molecule has 2 saturated heterocycles. The molecule has 35 heavy (non-hydrogen) atoms. The van der Waals surface area contributed by atoms with Crippen LogP contribution in [0.1, 0.15) is 31.0 Å². The second-order valence-electron chi connectivity index (χ2n) is 9.88. The van der Waals surface area contributed by atoms with E-state index >= 15 is 0 Å². The summed E-state index contributed by atoms with van der Waals surface area (Å²) in [6.45, 7) is 1.89. The molecule has 1 aromatic heterocycles. The molecule has 1 aromatic carbocycles. The number of cyclic esters (lactones) is 1. The predicted octanol–water partition coefficient (Wildman–Crippen LogP) is 5.03. The molecule has 2 aromatic rings. The van der Waals surface area contributed by atoms with Crippen LogP contribution < -0.4 is 0 Å². The normalized spacial score (nSPS) is 32.2. The molecule has 1 saturated carbocycles.